The highest BCUT2D eigenvalue weighted by Gasteiger charge is 2.55. The van der Waals surface area contributed by atoms with Gasteiger partial charge in [0, 0.05) is 29.5 Å². The van der Waals surface area contributed by atoms with Gasteiger partial charge in [-0.3, -0.25) is 14.5 Å². The zero-order valence-electron chi connectivity index (χ0n) is 21.0. The molecule has 1 unspecified atom stereocenters. The van der Waals surface area contributed by atoms with Crippen LogP contribution in [0.5, 0.6) is 0 Å². The van der Waals surface area contributed by atoms with Crippen LogP contribution in [-0.4, -0.2) is 96.2 Å². The van der Waals surface area contributed by atoms with Gasteiger partial charge in [-0.2, -0.15) is 0 Å². The fourth-order valence-electron chi connectivity index (χ4n) is 4.84. The molecule has 2 saturated heterocycles. The van der Waals surface area contributed by atoms with Crippen molar-refractivity contribution >= 4 is 64.0 Å². The molecule has 1 aromatic heterocycles. The molecular formula is C23H26N7O7S2+. The lowest BCUT2D eigenvalue weighted by Crippen LogP contribution is -2.71. The van der Waals surface area contributed by atoms with E-state index in [0.717, 1.165) is 36.4 Å². The van der Waals surface area contributed by atoms with Crippen LogP contribution >= 0.6 is 23.1 Å². The number of carboxylic acid groups (broad SMARTS) is 2. The van der Waals surface area contributed by atoms with Crippen molar-refractivity contribution in [2.45, 2.75) is 43.7 Å². The summed E-state index contributed by atoms with van der Waals surface area (Å²) in [7, 11) is 0. The van der Waals surface area contributed by atoms with Gasteiger partial charge < -0.3 is 26.1 Å². The van der Waals surface area contributed by atoms with Crippen molar-refractivity contribution in [3.05, 3.63) is 34.2 Å². The molecule has 0 spiro atoms. The highest BCUT2D eigenvalue weighted by molar-refractivity contribution is 8.00. The number of carbonyl (C=O) groups excluding carboxylic acids is 2. The van der Waals surface area contributed by atoms with E-state index in [2.05, 4.69) is 20.4 Å². The molecule has 4 aliphatic heterocycles. The second kappa shape index (κ2) is 9.77. The summed E-state index contributed by atoms with van der Waals surface area (Å²) >= 11 is 2.39. The summed E-state index contributed by atoms with van der Waals surface area (Å²) in [6.45, 7) is 3.74. The number of anilines is 1. The summed E-state index contributed by atoms with van der Waals surface area (Å²) in [4.78, 5) is 64.8. The van der Waals surface area contributed by atoms with Crippen molar-refractivity contribution in [1.29, 1.82) is 0 Å². The number of thioether (sulfide) groups is 1. The number of nitrogens with two attached hydrogens (primary N) is 1. The second-order valence-corrected chi connectivity index (χ2v) is 11.9. The molecule has 5 rings (SSSR count). The van der Waals surface area contributed by atoms with Gasteiger partial charge >= 0.3 is 11.9 Å². The van der Waals surface area contributed by atoms with E-state index in [1.807, 2.05) is 12.5 Å². The minimum Gasteiger partial charge on any atom is -0.478 e. The molecule has 0 aromatic carbocycles. The highest BCUT2D eigenvalue weighted by Crippen LogP contribution is 2.43. The van der Waals surface area contributed by atoms with Gasteiger partial charge in [0.25, 0.3) is 11.8 Å². The zero-order valence-corrected chi connectivity index (χ0v) is 22.6. The Morgan fingerprint density at radius 3 is 2.79 bits per heavy atom. The summed E-state index contributed by atoms with van der Waals surface area (Å²) < 4.78 is 0.475. The van der Waals surface area contributed by atoms with Gasteiger partial charge in [-0.25, -0.2) is 24.0 Å². The third kappa shape index (κ3) is 4.68. The molecule has 14 nitrogen and oxygen atoms in total. The minimum absolute atomic E-state index is 0.0418. The van der Waals surface area contributed by atoms with Crippen LogP contribution < -0.4 is 11.1 Å². The van der Waals surface area contributed by atoms with Crippen LogP contribution in [0.2, 0.25) is 0 Å². The van der Waals surface area contributed by atoms with E-state index in [4.69, 9.17) is 10.6 Å². The number of fused-ring (bicyclic) bond motifs is 2. The third-order valence-corrected chi connectivity index (χ3v) is 8.96. The molecule has 3 atom stereocenters. The lowest BCUT2D eigenvalue weighted by molar-refractivity contribution is -0.777. The molecule has 2 amide bonds. The number of nitrogens with zero attached hydrogens (tertiary/aromatic N) is 5. The van der Waals surface area contributed by atoms with Gasteiger partial charge in [0.1, 0.15) is 35.0 Å². The van der Waals surface area contributed by atoms with Crippen molar-refractivity contribution in [3.63, 3.8) is 0 Å². The predicted molar refractivity (Wildman–Crippen MR) is 141 cm³/mol. The van der Waals surface area contributed by atoms with Crippen molar-refractivity contribution in [3.8, 4) is 0 Å². The first-order valence-corrected chi connectivity index (χ1v) is 13.9. The molecule has 1 aromatic rings. The Balaban J connectivity index is 1.36. The van der Waals surface area contributed by atoms with Crippen LogP contribution in [-0.2, 0) is 24.0 Å². The average molecular weight is 577 g/mol. The first-order valence-electron chi connectivity index (χ1n) is 12.0. The summed E-state index contributed by atoms with van der Waals surface area (Å²) in [5.74, 6) is -3.57. The van der Waals surface area contributed by atoms with Crippen LogP contribution in [0.15, 0.2) is 38.7 Å². The molecule has 0 bridgehead atoms. The van der Waals surface area contributed by atoms with Gasteiger partial charge in [0.2, 0.25) is 5.60 Å². The Bertz CT molecular complexity index is 1400. The minimum atomic E-state index is -1.75. The average Bonchev–Trinajstić information content (AvgIpc) is 3.57. The lowest BCUT2D eigenvalue weighted by atomic mass is 10.0. The number of nitrogen functional groups attached to an aromatic ring is 1. The largest absolute Gasteiger partial charge is 0.478 e. The van der Waals surface area contributed by atoms with E-state index in [1.165, 1.54) is 35.9 Å². The number of aliphatic imine (C=N–C) groups is 1. The predicted octanol–water partition coefficient (Wildman–Crippen LogP) is 0.542. The number of β-lactam (4-membered cyclic amide) rings is 1. The number of carboxylic acids is 2. The van der Waals surface area contributed by atoms with E-state index in [1.54, 1.807) is 0 Å². The fourth-order valence-corrected chi connectivity index (χ4v) is 6.73. The Morgan fingerprint density at radius 2 is 2.13 bits per heavy atom. The molecule has 16 heteroatoms. The molecule has 0 radical (unpaired) electrons. The van der Waals surface area contributed by atoms with Crippen LogP contribution in [0.1, 0.15) is 32.4 Å². The Kier molecular flexibility index (Phi) is 6.72. The van der Waals surface area contributed by atoms with E-state index in [9.17, 15) is 29.4 Å². The smallest absolute Gasteiger partial charge is 0.352 e. The zero-order chi connectivity index (χ0) is 28.1. The Hall–Kier alpha value is -3.76. The standard InChI is InChI=1S/C23H25N7O7S2/c1-23(2,21(35)36)37-28-14(13-9-39-22(24)26-13)17(31)27-15-18(32)29-16(20(33)34)11(8-38-19(15)29)7-30-5-3-4-12(30)6-25-10-30/h6,9-10,15,19H,3-5,7-8H2,1-2H3,(H4-,24,26,27,31,33,34,35,36)/p+1/b28-14-/t15-,19-,30?/m1/s1. The van der Waals surface area contributed by atoms with E-state index < -0.39 is 40.8 Å². The lowest BCUT2D eigenvalue weighted by Gasteiger charge is -2.49. The number of aliphatic carboxylic acids is 2. The number of quaternary nitrogens is 1. The maximum Gasteiger partial charge on any atom is 0.352 e. The normalized spacial score (nSPS) is 26.1. The van der Waals surface area contributed by atoms with E-state index in [-0.39, 0.29) is 22.2 Å². The molecule has 5 N–H and O–H groups in total. The number of aromatic nitrogens is 1. The van der Waals surface area contributed by atoms with Crippen molar-refractivity contribution in [2.24, 2.45) is 10.1 Å². The van der Waals surface area contributed by atoms with Crippen LogP contribution in [0.3, 0.4) is 0 Å². The number of hydrogen-bond acceptors (Lipinski definition) is 11. The van der Waals surface area contributed by atoms with Gasteiger partial charge in [-0.15, -0.1) is 23.1 Å². The number of thiazole rings is 1. The van der Waals surface area contributed by atoms with Gasteiger partial charge in [0.15, 0.2) is 17.2 Å². The number of carbonyl (C=O) groups is 4. The van der Waals surface area contributed by atoms with E-state index >= 15 is 0 Å². The van der Waals surface area contributed by atoms with Crippen LogP contribution in [0.25, 0.3) is 0 Å². The summed E-state index contributed by atoms with van der Waals surface area (Å²) in [6.07, 6.45) is 5.52. The van der Waals surface area contributed by atoms with E-state index in [0.29, 0.717) is 22.4 Å². The summed E-state index contributed by atoms with van der Waals surface area (Å²) in [5, 5.41) is 26.6. The molecule has 2 fully saturated rings. The summed E-state index contributed by atoms with van der Waals surface area (Å²) in [5.41, 5.74) is 5.31. The Morgan fingerprint density at radius 1 is 1.36 bits per heavy atom. The monoisotopic (exact) mass is 576 g/mol. The first kappa shape index (κ1) is 26.8. The number of hydrogen-bond donors (Lipinski definition) is 4. The number of amides is 2. The van der Waals surface area contributed by atoms with Crippen molar-refractivity contribution < 1.29 is 38.7 Å². The maximum atomic E-state index is 13.2. The SMILES string of the molecule is CC(C)(O/N=C(\C(=O)N[C@@H]1C(=O)N2C(C(=O)O)=C(C[N+]34C=NC=C3CCC4)CS[C@H]12)c1csc(N)n1)C(=O)O. The number of allylic oxidation sites excluding steroid dienone is 1. The fraction of sp³-hybridized carbons (Fsp3) is 0.435. The first-order chi connectivity index (χ1) is 18.4. The molecule has 0 saturated carbocycles. The van der Waals surface area contributed by atoms with Gasteiger partial charge in [-0.1, -0.05) is 5.16 Å². The third-order valence-electron chi connectivity index (χ3n) is 6.94. The highest BCUT2D eigenvalue weighted by atomic mass is 32.2. The maximum absolute atomic E-state index is 13.2. The molecular weight excluding hydrogens is 550 g/mol. The number of oxime groups is 1. The Labute approximate surface area is 230 Å². The molecule has 4 aliphatic rings. The quantitative estimate of drug-likeness (QED) is 0.139. The van der Waals surface area contributed by atoms with Gasteiger partial charge in [0.05, 0.1) is 12.7 Å². The molecule has 5 heterocycles. The van der Waals surface area contributed by atoms with Crippen molar-refractivity contribution in [2.75, 3.05) is 24.6 Å². The molecule has 0 aliphatic carbocycles. The van der Waals surface area contributed by atoms with Gasteiger partial charge in [-0.05, 0) is 13.8 Å². The topological polar surface area (TPSA) is 197 Å². The summed E-state index contributed by atoms with van der Waals surface area (Å²) in [6, 6.07) is -1.03. The van der Waals surface area contributed by atoms with Crippen LogP contribution in [0.4, 0.5) is 5.13 Å². The molecule has 39 heavy (non-hydrogen) atoms. The second-order valence-electron chi connectivity index (χ2n) is 9.94. The van der Waals surface area contributed by atoms with Crippen molar-refractivity contribution in [1.82, 2.24) is 15.2 Å². The number of rotatable bonds is 9. The van der Waals surface area contributed by atoms with Crippen LogP contribution in [0, 0.1) is 0 Å². The molecule has 206 valence electrons. The number of nitrogens with one attached hydrogen (secondary N) is 1.